The summed E-state index contributed by atoms with van der Waals surface area (Å²) in [4.78, 5) is 25.2. The predicted molar refractivity (Wildman–Crippen MR) is 83.3 cm³/mol. The van der Waals surface area contributed by atoms with Gasteiger partial charge in [-0.05, 0) is 25.0 Å². The predicted octanol–water partition coefficient (Wildman–Crippen LogP) is 2.22. The van der Waals surface area contributed by atoms with Gasteiger partial charge in [0.1, 0.15) is 6.04 Å². The Balaban J connectivity index is 1.93. The van der Waals surface area contributed by atoms with Crippen molar-refractivity contribution in [2.24, 2.45) is 0 Å². The molecule has 20 heavy (non-hydrogen) atoms. The molecule has 7 heteroatoms. The molecule has 3 unspecified atom stereocenters. The number of rotatable bonds is 5. The maximum atomic E-state index is 12.3. The van der Waals surface area contributed by atoms with E-state index in [9.17, 15) is 14.7 Å². The van der Waals surface area contributed by atoms with Crippen LogP contribution in [-0.2, 0) is 4.79 Å². The smallest absolute Gasteiger partial charge is 0.327 e. The van der Waals surface area contributed by atoms with Crippen LogP contribution in [0.25, 0.3) is 0 Å². The van der Waals surface area contributed by atoms with Crippen LogP contribution in [-0.4, -0.2) is 56.7 Å². The standard InChI is InChI=1S/C13H22N2O3S2/c1-2-4-11-15(10(8-20-11)12(16)17)13(18)14-7-9-5-3-6-19-9/h9-11H,2-8H2,1H3,(H,14,18)(H,16,17). The number of hydrogen-bond acceptors (Lipinski definition) is 4. The fourth-order valence-electron chi connectivity index (χ4n) is 2.59. The van der Waals surface area contributed by atoms with Gasteiger partial charge in [0.05, 0.1) is 5.37 Å². The Morgan fingerprint density at radius 3 is 2.80 bits per heavy atom. The maximum Gasteiger partial charge on any atom is 0.327 e. The number of carboxylic acid groups (broad SMARTS) is 1. The Morgan fingerprint density at radius 2 is 2.20 bits per heavy atom. The van der Waals surface area contributed by atoms with E-state index in [1.165, 1.54) is 11.3 Å². The summed E-state index contributed by atoms with van der Waals surface area (Å²) in [5.41, 5.74) is 0. The van der Waals surface area contributed by atoms with Gasteiger partial charge in [-0.1, -0.05) is 13.3 Å². The molecule has 5 nitrogen and oxygen atoms in total. The van der Waals surface area contributed by atoms with E-state index < -0.39 is 12.0 Å². The minimum atomic E-state index is -0.901. The third-order valence-corrected chi connectivity index (χ3v) is 6.41. The first-order valence-electron chi connectivity index (χ1n) is 7.15. The highest BCUT2D eigenvalue weighted by molar-refractivity contribution is 8.00. The Labute approximate surface area is 128 Å². The molecule has 2 aliphatic rings. The summed E-state index contributed by atoms with van der Waals surface area (Å²) < 4.78 is 0. The Hall–Kier alpha value is -0.560. The third kappa shape index (κ3) is 3.75. The van der Waals surface area contributed by atoms with Crippen LogP contribution in [0.5, 0.6) is 0 Å². The van der Waals surface area contributed by atoms with E-state index in [0.29, 0.717) is 17.5 Å². The lowest BCUT2D eigenvalue weighted by Crippen LogP contribution is -2.51. The van der Waals surface area contributed by atoms with Crippen LogP contribution in [0.4, 0.5) is 4.79 Å². The molecule has 2 rings (SSSR count). The van der Waals surface area contributed by atoms with E-state index in [2.05, 4.69) is 12.2 Å². The molecule has 0 bridgehead atoms. The summed E-state index contributed by atoms with van der Waals surface area (Å²) in [5, 5.41) is 12.7. The van der Waals surface area contributed by atoms with Crippen LogP contribution >= 0.6 is 23.5 Å². The number of thioether (sulfide) groups is 2. The van der Waals surface area contributed by atoms with Gasteiger partial charge < -0.3 is 10.4 Å². The molecule has 2 fully saturated rings. The van der Waals surface area contributed by atoms with Gasteiger partial charge in [-0.2, -0.15) is 11.8 Å². The van der Waals surface area contributed by atoms with Crippen LogP contribution in [0.3, 0.4) is 0 Å². The maximum absolute atomic E-state index is 12.3. The highest BCUT2D eigenvalue weighted by Gasteiger charge is 2.41. The number of nitrogens with zero attached hydrogens (tertiary/aromatic N) is 1. The topological polar surface area (TPSA) is 69.6 Å². The van der Waals surface area contributed by atoms with Crippen LogP contribution < -0.4 is 5.32 Å². The number of urea groups is 1. The Kier molecular flexibility index (Phi) is 5.89. The number of carbonyl (C=O) groups excluding carboxylic acids is 1. The normalized spacial score (nSPS) is 29.6. The molecule has 3 atom stereocenters. The van der Waals surface area contributed by atoms with Crippen molar-refractivity contribution >= 4 is 35.5 Å². The molecule has 0 aliphatic carbocycles. The SMILES string of the molecule is CCCC1SCC(C(=O)O)N1C(=O)NCC1CCCS1. The molecular formula is C13H22N2O3S2. The number of aliphatic carboxylic acids is 1. The first-order chi connectivity index (χ1) is 9.63. The molecule has 2 aliphatic heterocycles. The van der Waals surface area contributed by atoms with E-state index in [4.69, 9.17) is 0 Å². The number of nitrogens with one attached hydrogen (secondary N) is 1. The van der Waals surface area contributed by atoms with Crippen molar-refractivity contribution < 1.29 is 14.7 Å². The lowest BCUT2D eigenvalue weighted by atomic mass is 10.2. The molecule has 0 radical (unpaired) electrons. The van der Waals surface area contributed by atoms with Gasteiger partial charge in [0.25, 0.3) is 0 Å². The van der Waals surface area contributed by atoms with Crippen LogP contribution in [0.2, 0.25) is 0 Å². The van der Waals surface area contributed by atoms with E-state index >= 15 is 0 Å². The summed E-state index contributed by atoms with van der Waals surface area (Å²) in [6, 6.07) is -0.902. The Bertz CT molecular complexity index is 362. The molecule has 0 aromatic carbocycles. The molecule has 0 spiro atoms. The number of carboxylic acids is 1. The number of hydrogen-bond donors (Lipinski definition) is 2. The molecular weight excluding hydrogens is 296 g/mol. The van der Waals surface area contributed by atoms with Gasteiger partial charge >= 0.3 is 12.0 Å². The Morgan fingerprint density at radius 1 is 1.40 bits per heavy atom. The van der Waals surface area contributed by atoms with Gasteiger partial charge in [-0.3, -0.25) is 4.90 Å². The largest absolute Gasteiger partial charge is 0.480 e. The number of amides is 2. The summed E-state index contributed by atoms with van der Waals surface area (Å²) in [6.45, 7) is 2.70. The molecule has 2 N–H and O–H groups in total. The lowest BCUT2D eigenvalue weighted by Gasteiger charge is -2.27. The molecule has 114 valence electrons. The highest BCUT2D eigenvalue weighted by atomic mass is 32.2. The minimum Gasteiger partial charge on any atom is -0.480 e. The van der Waals surface area contributed by atoms with Crippen LogP contribution in [0, 0.1) is 0 Å². The highest BCUT2D eigenvalue weighted by Crippen LogP contribution is 2.32. The number of carbonyl (C=O) groups is 2. The van der Waals surface area contributed by atoms with Crippen molar-refractivity contribution in [3.8, 4) is 0 Å². The van der Waals surface area contributed by atoms with Crippen molar-refractivity contribution in [1.29, 1.82) is 0 Å². The minimum absolute atomic E-state index is 0.00247. The third-order valence-electron chi connectivity index (χ3n) is 3.65. The zero-order valence-corrected chi connectivity index (χ0v) is 13.3. The summed E-state index contributed by atoms with van der Waals surface area (Å²) >= 11 is 3.47. The molecule has 0 aromatic rings. The molecule has 2 saturated heterocycles. The van der Waals surface area contributed by atoms with Gasteiger partial charge in [-0.15, -0.1) is 11.8 Å². The molecule has 0 saturated carbocycles. The average Bonchev–Trinajstić information content (AvgIpc) is 3.05. The fourth-order valence-corrected chi connectivity index (χ4v) is 5.31. The van der Waals surface area contributed by atoms with Crippen molar-refractivity contribution in [3.63, 3.8) is 0 Å². The second-order valence-electron chi connectivity index (χ2n) is 5.16. The lowest BCUT2D eigenvalue weighted by molar-refractivity contribution is -0.141. The summed E-state index contributed by atoms with van der Waals surface area (Å²) in [7, 11) is 0. The second kappa shape index (κ2) is 7.45. The summed E-state index contributed by atoms with van der Waals surface area (Å²) in [6.07, 6.45) is 4.15. The van der Waals surface area contributed by atoms with Crippen LogP contribution in [0.15, 0.2) is 0 Å². The second-order valence-corrected chi connectivity index (χ2v) is 7.78. The zero-order valence-electron chi connectivity index (χ0n) is 11.7. The zero-order chi connectivity index (χ0) is 14.5. The van der Waals surface area contributed by atoms with Crippen molar-refractivity contribution in [1.82, 2.24) is 10.2 Å². The van der Waals surface area contributed by atoms with Crippen molar-refractivity contribution in [2.75, 3.05) is 18.1 Å². The summed E-state index contributed by atoms with van der Waals surface area (Å²) in [5.74, 6) is 0.753. The van der Waals surface area contributed by atoms with E-state index in [1.54, 1.807) is 11.8 Å². The van der Waals surface area contributed by atoms with E-state index in [0.717, 1.165) is 25.0 Å². The molecule has 2 heterocycles. The van der Waals surface area contributed by atoms with E-state index in [1.807, 2.05) is 11.8 Å². The first kappa shape index (κ1) is 15.8. The van der Waals surface area contributed by atoms with Crippen LogP contribution in [0.1, 0.15) is 32.6 Å². The quantitative estimate of drug-likeness (QED) is 0.813. The molecule has 0 aromatic heterocycles. The van der Waals surface area contributed by atoms with Gasteiger partial charge in [0.15, 0.2) is 0 Å². The van der Waals surface area contributed by atoms with Gasteiger partial charge in [0.2, 0.25) is 0 Å². The molecule has 2 amide bonds. The van der Waals surface area contributed by atoms with Gasteiger partial charge in [-0.25, -0.2) is 9.59 Å². The van der Waals surface area contributed by atoms with Gasteiger partial charge in [0, 0.05) is 17.5 Å². The first-order valence-corrected chi connectivity index (χ1v) is 9.25. The monoisotopic (exact) mass is 318 g/mol. The fraction of sp³-hybridized carbons (Fsp3) is 0.846. The van der Waals surface area contributed by atoms with Crippen molar-refractivity contribution in [2.45, 2.75) is 49.3 Å². The van der Waals surface area contributed by atoms with E-state index in [-0.39, 0.29) is 11.4 Å². The average molecular weight is 318 g/mol. The van der Waals surface area contributed by atoms with Crippen molar-refractivity contribution in [3.05, 3.63) is 0 Å².